The molecule has 1 N–H and O–H groups in total. The zero-order valence-corrected chi connectivity index (χ0v) is 13.3. The van der Waals surface area contributed by atoms with Crippen LogP contribution in [0.1, 0.15) is 24.2 Å². The van der Waals surface area contributed by atoms with Gasteiger partial charge in [0.15, 0.2) is 0 Å². The molecule has 0 aliphatic carbocycles. The lowest BCUT2D eigenvalue weighted by Gasteiger charge is -2.15. The smallest absolute Gasteiger partial charge is 0.129 e. The van der Waals surface area contributed by atoms with E-state index in [0.29, 0.717) is 27.1 Å². The van der Waals surface area contributed by atoms with Gasteiger partial charge in [-0.2, -0.15) is 0 Å². The van der Waals surface area contributed by atoms with Crippen molar-refractivity contribution in [2.75, 3.05) is 7.11 Å². The topological polar surface area (TPSA) is 38.7 Å². The first-order chi connectivity index (χ1) is 10.0. The van der Waals surface area contributed by atoms with E-state index in [1.54, 1.807) is 50.4 Å². The Labute approximate surface area is 134 Å². The van der Waals surface area contributed by atoms with E-state index in [2.05, 4.69) is 0 Å². The summed E-state index contributed by atoms with van der Waals surface area (Å²) in [5.74, 6) is 1.21. The summed E-state index contributed by atoms with van der Waals surface area (Å²) in [7, 11) is 1.58. The van der Waals surface area contributed by atoms with E-state index in [4.69, 9.17) is 32.7 Å². The molecule has 0 bridgehead atoms. The highest BCUT2D eigenvalue weighted by atomic mass is 35.5. The molecule has 2 rings (SSSR count). The summed E-state index contributed by atoms with van der Waals surface area (Å²) in [6, 6.07) is 10.5. The number of rotatable bonds is 5. The van der Waals surface area contributed by atoms with Crippen molar-refractivity contribution < 1.29 is 14.6 Å². The Hall–Kier alpha value is -1.42. The van der Waals surface area contributed by atoms with Gasteiger partial charge in [0.25, 0.3) is 0 Å². The number of benzene rings is 2. The first kappa shape index (κ1) is 16.0. The van der Waals surface area contributed by atoms with Crippen LogP contribution in [-0.4, -0.2) is 12.2 Å². The fraction of sp³-hybridized carbons (Fsp3) is 0.250. The van der Waals surface area contributed by atoms with Gasteiger partial charge in [0.1, 0.15) is 18.1 Å². The number of hydrogen-bond donors (Lipinski definition) is 1. The minimum absolute atomic E-state index is 0.256. The lowest BCUT2D eigenvalue weighted by Crippen LogP contribution is -2.02. The highest BCUT2D eigenvalue weighted by Crippen LogP contribution is 2.31. The predicted octanol–water partition coefficient (Wildman–Crippen LogP) is 4.63. The van der Waals surface area contributed by atoms with Crippen LogP contribution in [0.25, 0.3) is 0 Å². The molecule has 0 radical (unpaired) electrons. The van der Waals surface area contributed by atoms with Crippen LogP contribution >= 0.6 is 23.2 Å². The fourth-order valence-electron chi connectivity index (χ4n) is 1.92. The summed E-state index contributed by atoms with van der Waals surface area (Å²) in [5.41, 5.74) is 1.47. The molecular weight excluding hydrogens is 311 g/mol. The Bertz CT molecular complexity index is 627. The van der Waals surface area contributed by atoms with Crippen LogP contribution in [0.3, 0.4) is 0 Å². The summed E-state index contributed by atoms with van der Waals surface area (Å²) in [6.45, 7) is 1.94. The third kappa shape index (κ3) is 4.03. The molecule has 0 aliphatic rings. The van der Waals surface area contributed by atoms with Gasteiger partial charge in [0.05, 0.1) is 13.2 Å². The second-order valence-electron chi connectivity index (χ2n) is 4.60. The number of hydrogen-bond acceptors (Lipinski definition) is 3. The SMILES string of the molecule is COc1ccc(C(C)O)c(OCc2cc(Cl)ccc2Cl)c1. The Morgan fingerprint density at radius 2 is 1.90 bits per heavy atom. The second-order valence-corrected chi connectivity index (χ2v) is 5.45. The van der Waals surface area contributed by atoms with E-state index in [9.17, 15) is 5.11 Å². The Kier molecular flexibility index (Phi) is 5.34. The minimum atomic E-state index is -0.638. The number of halogens is 2. The van der Waals surface area contributed by atoms with E-state index >= 15 is 0 Å². The van der Waals surface area contributed by atoms with Gasteiger partial charge in [-0.15, -0.1) is 0 Å². The fourth-order valence-corrected chi connectivity index (χ4v) is 2.29. The van der Waals surface area contributed by atoms with Crippen LogP contribution in [0, 0.1) is 0 Å². The normalized spacial score (nSPS) is 12.0. The minimum Gasteiger partial charge on any atom is -0.497 e. The van der Waals surface area contributed by atoms with Gasteiger partial charge in [0.2, 0.25) is 0 Å². The molecule has 1 unspecified atom stereocenters. The number of aliphatic hydroxyl groups is 1. The van der Waals surface area contributed by atoms with Gasteiger partial charge in [-0.1, -0.05) is 23.2 Å². The molecule has 21 heavy (non-hydrogen) atoms. The Balaban J connectivity index is 2.24. The summed E-state index contributed by atoms with van der Waals surface area (Å²) in [5, 5.41) is 11.0. The molecule has 0 saturated carbocycles. The van der Waals surface area contributed by atoms with Crippen LogP contribution < -0.4 is 9.47 Å². The number of methoxy groups -OCH3 is 1. The molecule has 0 amide bonds. The predicted molar refractivity (Wildman–Crippen MR) is 84.4 cm³/mol. The highest BCUT2D eigenvalue weighted by molar-refractivity contribution is 6.33. The maximum atomic E-state index is 9.80. The largest absolute Gasteiger partial charge is 0.497 e. The van der Waals surface area contributed by atoms with Gasteiger partial charge in [-0.05, 0) is 37.3 Å². The summed E-state index contributed by atoms with van der Waals surface area (Å²) >= 11 is 12.1. The molecule has 2 aromatic carbocycles. The van der Waals surface area contributed by atoms with Gasteiger partial charge in [-0.3, -0.25) is 0 Å². The summed E-state index contributed by atoms with van der Waals surface area (Å²) < 4.78 is 11.0. The van der Waals surface area contributed by atoms with Crippen LogP contribution in [0.2, 0.25) is 10.0 Å². The summed E-state index contributed by atoms with van der Waals surface area (Å²) in [4.78, 5) is 0. The average Bonchev–Trinajstić information content (AvgIpc) is 2.47. The maximum absolute atomic E-state index is 9.80. The van der Waals surface area contributed by atoms with Crippen LogP contribution in [0.15, 0.2) is 36.4 Å². The third-order valence-electron chi connectivity index (χ3n) is 3.06. The quantitative estimate of drug-likeness (QED) is 0.870. The molecule has 3 nitrogen and oxygen atoms in total. The van der Waals surface area contributed by atoms with E-state index < -0.39 is 6.10 Å². The zero-order valence-electron chi connectivity index (χ0n) is 11.8. The first-order valence-corrected chi connectivity index (χ1v) is 7.19. The standard InChI is InChI=1S/C16H16Cl2O3/c1-10(19)14-5-4-13(20-2)8-16(14)21-9-11-7-12(17)3-6-15(11)18/h3-8,10,19H,9H2,1-2H3. The average molecular weight is 327 g/mol. The van der Waals surface area contributed by atoms with Gasteiger partial charge in [0, 0.05) is 27.2 Å². The van der Waals surface area contributed by atoms with Crippen molar-refractivity contribution in [2.24, 2.45) is 0 Å². The zero-order chi connectivity index (χ0) is 15.4. The monoisotopic (exact) mass is 326 g/mol. The first-order valence-electron chi connectivity index (χ1n) is 6.44. The van der Waals surface area contributed by atoms with Crippen LogP contribution in [0.4, 0.5) is 0 Å². The van der Waals surface area contributed by atoms with Crippen molar-refractivity contribution in [3.8, 4) is 11.5 Å². The van der Waals surface area contributed by atoms with Crippen LogP contribution in [-0.2, 0) is 6.61 Å². The third-order valence-corrected chi connectivity index (χ3v) is 3.67. The second kappa shape index (κ2) is 7.03. The van der Waals surface area contributed by atoms with Gasteiger partial charge < -0.3 is 14.6 Å². The van der Waals surface area contributed by atoms with Crippen molar-refractivity contribution >= 4 is 23.2 Å². The number of ether oxygens (including phenoxy) is 2. The molecule has 5 heteroatoms. The van der Waals surface area contributed by atoms with Gasteiger partial charge in [-0.25, -0.2) is 0 Å². The van der Waals surface area contributed by atoms with Gasteiger partial charge >= 0.3 is 0 Å². The lowest BCUT2D eigenvalue weighted by molar-refractivity contribution is 0.190. The van der Waals surface area contributed by atoms with E-state index in [0.717, 1.165) is 5.56 Å². The lowest BCUT2D eigenvalue weighted by atomic mass is 10.1. The van der Waals surface area contributed by atoms with Crippen molar-refractivity contribution in [3.05, 3.63) is 57.6 Å². The molecule has 0 spiro atoms. The Morgan fingerprint density at radius 1 is 1.14 bits per heavy atom. The highest BCUT2D eigenvalue weighted by Gasteiger charge is 2.12. The van der Waals surface area contributed by atoms with Crippen molar-refractivity contribution in [1.82, 2.24) is 0 Å². The van der Waals surface area contributed by atoms with Crippen molar-refractivity contribution in [2.45, 2.75) is 19.6 Å². The molecule has 1 atom stereocenters. The molecule has 2 aromatic rings. The molecule has 0 aromatic heterocycles. The van der Waals surface area contributed by atoms with E-state index in [1.807, 2.05) is 0 Å². The number of aliphatic hydroxyl groups excluding tert-OH is 1. The van der Waals surface area contributed by atoms with Crippen LogP contribution in [0.5, 0.6) is 11.5 Å². The summed E-state index contributed by atoms with van der Waals surface area (Å²) in [6.07, 6.45) is -0.638. The maximum Gasteiger partial charge on any atom is 0.129 e. The molecule has 0 saturated heterocycles. The molecule has 0 heterocycles. The Morgan fingerprint density at radius 3 is 2.57 bits per heavy atom. The van der Waals surface area contributed by atoms with E-state index in [1.165, 1.54) is 0 Å². The van der Waals surface area contributed by atoms with Crippen molar-refractivity contribution in [1.29, 1.82) is 0 Å². The molecule has 0 fully saturated rings. The van der Waals surface area contributed by atoms with Crippen molar-refractivity contribution in [3.63, 3.8) is 0 Å². The van der Waals surface area contributed by atoms with E-state index in [-0.39, 0.29) is 6.61 Å². The molecular formula is C16H16Cl2O3. The molecule has 0 aliphatic heterocycles. The molecule has 112 valence electrons.